The molecule has 5 heteroatoms. The number of benzene rings is 3. The van der Waals surface area contributed by atoms with Crippen LogP contribution in [0, 0.1) is 0 Å². The van der Waals surface area contributed by atoms with Gasteiger partial charge in [-0.2, -0.15) is 0 Å². The zero-order valence-corrected chi connectivity index (χ0v) is 15.6. The van der Waals surface area contributed by atoms with Crippen LogP contribution in [0.25, 0.3) is 0 Å². The summed E-state index contributed by atoms with van der Waals surface area (Å²) in [7, 11) is -0.710. The standard InChI is InChI=1S/2C7H9N.C6H6O2Si/c2*8-6-7-4-2-1-3-5-7;1-2-4-6-5(3-1)7-9-8-6/h2*1-5H,6,8H2;1-4H,9H2. The Labute approximate surface area is 151 Å². The molecule has 3 aromatic carbocycles. The largest absolute Gasteiger partial charge is 0.513 e. The molecule has 0 saturated heterocycles. The Balaban J connectivity index is 0.000000136. The molecule has 1 heterocycles. The molecule has 0 aliphatic carbocycles. The van der Waals surface area contributed by atoms with Crippen molar-refractivity contribution in [2.75, 3.05) is 0 Å². The topological polar surface area (TPSA) is 70.5 Å². The fraction of sp³-hybridized carbons (Fsp3) is 0.100. The first-order valence-electron chi connectivity index (χ1n) is 8.16. The van der Waals surface area contributed by atoms with Gasteiger partial charge in [-0.1, -0.05) is 72.8 Å². The van der Waals surface area contributed by atoms with Crippen molar-refractivity contribution >= 4 is 10.0 Å². The van der Waals surface area contributed by atoms with Crippen LogP contribution in [0.15, 0.2) is 84.9 Å². The molecule has 0 bridgehead atoms. The van der Waals surface area contributed by atoms with Gasteiger partial charge in [0.05, 0.1) is 0 Å². The van der Waals surface area contributed by atoms with E-state index in [0.29, 0.717) is 13.1 Å². The van der Waals surface area contributed by atoms with Crippen molar-refractivity contribution < 1.29 is 8.85 Å². The molecule has 0 aromatic heterocycles. The van der Waals surface area contributed by atoms with Gasteiger partial charge in [-0.15, -0.1) is 0 Å². The first-order chi connectivity index (χ1) is 12.3. The van der Waals surface area contributed by atoms with Gasteiger partial charge in [-0.25, -0.2) is 0 Å². The Morgan fingerprint density at radius 3 is 1.24 bits per heavy atom. The predicted octanol–water partition coefficient (Wildman–Crippen LogP) is 2.75. The lowest BCUT2D eigenvalue weighted by molar-refractivity contribution is 0.541. The lowest BCUT2D eigenvalue weighted by atomic mass is 10.2. The summed E-state index contributed by atoms with van der Waals surface area (Å²) < 4.78 is 10.4. The van der Waals surface area contributed by atoms with Gasteiger partial charge in [-0.3, -0.25) is 0 Å². The number of hydrogen-bond acceptors (Lipinski definition) is 4. The molecule has 1 aliphatic rings. The summed E-state index contributed by atoms with van der Waals surface area (Å²) >= 11 is 0. The van der Waals surface area contributed by atoms with Crippen molar-refractivity contribution in [3.8, 4) is 11.5 Å². The highest BCUT2D eigenvalue weighted by Gasteiger charge is 2.10. The molecule has 0 unspecified atom stereocenters. The van der Waals surface area contributed by atoms with Gasteiger partial charge in [0, 0.05) is 13.1 Å². The number of hydrogen-bond donors (Lipinski definition) is 2. The molecule has 0 spiro atoms. The summed E-state index contributed by atoms with van der Waals surface area (Å²) in [5.41, 5.74) is 13.1. The van der Waals surface area contributed by atoms with Gasteiger partial charge < -0.3 is 20.3 Å². The SMILES string of the molecule is NCc1ccccc1.NCc1ccccc1.c1ccc2c(c1)O[SiH2]O2. The Bertz CT molecular complexity index is 662. The van der Waals surface area contributed by atoms with E-state index in [-0.39, 0.29) is 0 Å². The van der Waals surface area contributed by atoms with E-state index >= 15 is 0 Å². The molecule has 3 aromatic rings. The van der Waals surface area contributed by atoms with Gasteiger partial charge in [0.2, 0.25) is 0 Å². The maximum atomic E-state index is 5.35. The Morgan fingerprint density at radius 2 is 0.920 bits per heavy atom. The van der Waals surface area contributed by atoms with Crippen molar-refractivity contribution in [2.24, 2.45) is 11.5 Å². The summed E-state index contributed by atoms with van der Waals surface area (Å²) in [4.78, 5) is 0. The number of para-hydroxylation sites is 2. The summed E-state index contributed by atoms with van der Waals surface area (Å²) in [5, 5.41) is 0. The highest BCUT2D eigenvalue weighted by Crippen LogP contribution is 2.29. The maximum absolute atomic E-state index is 5.35. The second kappa shape index (κ2) is 11.0. The van der Waals surface area contributed by atoms with Crippen molar-refractivity contribution in [1.82, 2.24) is 0 Å². The van der Waals surface area contributed by atoms with E-state index in [0.717, 1.165) is 11.5 Å². The molecule has 0 radical (unpaired) electrons. The second-order valence-corrected chi connectivity index (χ2v) is 6.05. The lowest BCUT2D eigenvalue weighted by Gasteiger charge is -1.91. The van der Waals surface area contributed by atoms with E-state index in [2.05, 4.69) is 0 Å². The van der Waals surface area contributed by atoms with Crippen LogP contribution in [0.4, 0.5) is 0 Å². The third-order valence-electron chi connectivity index (χ3n) is 3.44. The van der Waals surface area contributed by atoms with Gasteiger partial charge >= 0.3 is 10.0 Å². The van der Waals surface area contributed by atoms with E-state index in [1.54, 1.807) is 0 Å². The number of fused-ring (bicyclic) bond motifs is 1. The molecule has 0 atom stereocenters. The van der Waals surface area contributed by atoms with Gasteiger partial charge in [0.1, 0.15) is 11.5 Å². The fourth-order valence-electron chi connectivity index (χ4n) is 2.07. The van der Waals surface area contributed by atoms with Gasteiger partial charge in [0.25, 0.3) is 0 Å². The second-order valence-electron chi connectivity index (χ2n) is 5.23. The predicted molar refractivity (Wildman–Crippen MR) is 105 cm³/mol. The molecular weight excluding hydrogens is 328 g/mol. The molecule has 4 nitrogen and oxygen atoms in total. The summed E-state index contributed by atoms with van der Waals surface area (Å²) in [5.74, 6) is 1.81. The van der Waals surface area contributed by atoms with Crippen LogP contribution >= 0.6 is 0 Å². The van der Waals surface area contributed by atoms with Crippen LogP contribution in [-0.4, -0.2) is 10.0 Å². The molecule has 25 heavy (non-hydrogen) atoms. The van der Waals surface area contributed by atoms with E-state index in [1.165, 1.54) is 11.1 Å². The average molecular weight is 353 g/mol. The fourth-order valence-corrected chi connectivity index (χ4v) is 2.86. The summed E-state index contributed by atoms with van der Waals surface area (Å²) in [6.07, 6.45) is 0. The highest BCUT2D eigenvalue weighted by atomic mass is 28.3. The van der Waals surface area contributed by atoms with Crippen molar-refractivity contribution in [3.05, 3.63) is 96.1 Å². The Hall–Kier alpha value is -2.60. The molecule has 0 fully saturated rings. The molecule has 4 N–H and O–H groups in total. The third kappa shape index (κ3) is 6.80. The molecule has 4 rings (SSSR count). The molecule has 0 amide bonds. The zero-order chi connectivity index (χ0) is 17.7. The van der Waals surface area contributed by atoms with Crippen LogP contribution in [-0.2, 0) is 13.1 Å². The van der Waals surface area contributed by atoms with E-state index in [1.807, 2.05) is 84.9 Å². The minimum Gasteiger partial charge on any atom is -0.513 e. The van der Waals surface area contributed by atoms with Crippen molar-refractivity contribution in [1.29, 1.82) is 0 Å². The third-order valence-corrected chi connectivity index (χ3v) is 4.29. The van der Waals surface area contributed by atoms with Crippen LogP contribution < -0.4 is 20.3 Å². The zero-order valence-electron chi connectivity index (χ0n) is 14.2. The number of rotatable bonds is 2. The molecular formula is C20H24N2O2Si. The molecule has 0 saturated carbocycles. The average Bonchev–Trinajstić information content (AvgIpc) is 3.19. The van der Waals surface area contributed by atoms with Crippen LogP contribution in [0.3, 0.4) is 0 Å². The highest BCUT2D eigenvalue weighted by molar-refractivity contribution is 6.22. The maximum Gasteiger partial charge on any atom is 0.427 e. The Kier molecular flexibility index (Phi) is 8.27. The Morgan fingerprint density at radius 1 is 0.560 bits per heavy atom. The smallest absolute Gasteiger partial charge is 0.427 e. The monoisotopic (exact) mass is 352 g/mol. The van der Waals surface area contributed by atoms with Crippen LogP contribution in [0.1, 0.15) is 11.1 Å². The molecule has 1 aliphatic heterocycles. The van der Waals surface area contributed by atoms with Crippen molar-refractivity contribution in [3.63, 3.8) is 0 Å². The van der Waals surface area contributed by atoms with Gasteiger partial charge in [-0.05, 0) is 23.3 Å². The van der Waals surface area contributed by atoms with E-state index < -0.39 is 10.0 Å². The van der Waals surface area contributed by atoms with E-state index in [9.17, 15) is 0 Å². The summed E-state index contributed by atoms with van der Waals surface area (Å²) in [6.45, 7) is 1.28. The minimum atomic E-state index is -0.710. The lowest BCUT2D eigenvalue weighted by Crippen LogP contribution is -1.99. The number of nitrogens with two attached hydrogens (primary N) is 2. The van der Waals surface area contributed by atoms with Crippen LogP contribution in [0.2, 0.25) is 0 Å². The van der Waals surface area contributed by atoms with Crippen LogP contribution in [0.5, 0.6) is 11.5 Å². The van der Waals surface area contributed by atoms with Crippen molar-refractivity contribution in [2.45, 2.75) is 13.1 Å². The van der Waals surface area contributed by atoms with Gasteiger partial charge in [0.15, 0.2) is 0 Å². The van der Waals surface area contributed by atoms with E-state index in [4.69, 9.17) is 20.3 Å². The summed E-state index contributed by atoms with van der Waals surface area (Å²) in [6, 6.07) is 27.7. The quantitative estimate of drug-likeness (QED) is 0.696. The molecule has 130 valence electrons. The normalized spacial score (nSPS) is 10.8. The first-order valence-corrected chi connectivity index (χ1v) is 9.31. The minimum absolute atomic E-state index is 0.640. The first kappa shape index (κ1) is 18.7.